The number of nitrogens with zero attached hydrogens (tertiary/aromatic N) is 5. The molecule has 1 aliphatic heterocycles. The fraction of sp³-hybridized carbons (Fsp3) is 0.351. The van der Waals surface area contributed by atoms with E-state index in [1.165, 1.54) is 30.3 Å². The second kappa shape index (κ2) is 14.0. The molecule has 0 amide bonds. The van der Waals surface area contributed by atoms with Gasteiger partial charge >= 0.3 is 5.97 Å². The predicted octanol–water partition coefficient (Wildman–Crippen LogP) is 7.13. The van der Waals surface area contributed by atoms with Crippen molar-refractivity contribution in [1.82, 2.24) is 14.5 Å². The maximum Gasteiger partial charge on any atom is 0.328 e. The molecule has 0 spiro atoms. The molecule has 1 aliphatic carbocycles. The van der Waals surface area contributed by atoms with Gasteiger partial charge in [0.15, 0.2) is 17.4 Å². The van der Waals surface area contributed by atoms with Crippen molar-refractivity contribution in [3.8, 4) is 23.6 Å². The molecule has 1 saturated carbocycles. The van der Waals surface area contributed by atoms with Crippen LogP contribution >= 0.6 is 0 Å². The molecule has 0 radical (unpaired) electrons. The molecule has 1 aromatic heterocycles. The molecule has 0 atom stereocenters. The number of ether oxygens (including phenoxy) is 2. The number of hydrogen-bond acceptors (Lipinski definition) is 7. The van der Waals surface area contributed by atoms with E-state index in [-0.39, 0.29) is 40.5 Å². The zero-order chi connectivity index (χ0) is 34.7. The van der Waals surface area contributed by atoms with Crippen molar-refractivity contribution in [2.75, 3.05) is 13.1 Å². The molecule has 1 N–H and O–H groups in total. The van der Waals surface area contributed by atoms with E-state index in [0.29, 0.717) is 73.7 Å². The standard InChI is InChI=1S/C37H34F3N5O4/c1-23(14-35(46)47)25-17-31(40)36-32(18-25)45(22-37(8-9-37)10-11-41)34(43-36)20-44-12-6-27(7-13-44)49-28-3-4-29(38)26(16-28)21-48-33-5-2-24(19-42)15-30(33)39/h2-5,14-18,27H,6-10,12-13,20-22H2,1H3,(H,46,47)/b23-14+. The lowest BCUT2D eigenvalue weighted by Gasteiger charge is -2.32. The first-order chi connectivity index (χ1) is 23.6. The molecule has 0 unspecified atom stereocenters. The Morgan fingerprint density at radius 3 is 2.51 bits per heavy atom. The Kier molecular flexibility index (Phi) is 9.61. The maximum atomic E-state index is 15.4. The molecule has 49 heavy (non-hydrogen) atoms. The summed E-state index contributed by atoms with van der Waals surface area (Å²) < 4.78 is 57.9. The van der Waals surface area contributed by atoms with Gasteiger partial charge in [0, 0.05) is 43.1 Å². The minimum Gasteiger partial charge on any atom is -0.490 e. The SMILES string of the molecule is C/C(=C\C(=O)O)c1cc(F)c2nc(CN3CCC(Oc4ccc(F)c(COc5ccc(C#N)cc5F)c4)CC3)n(CC3(CC#N)CC3)c2c1. The van der Waals surface area contributed by atoms with Gasteiger partial charge in [0.25, 0.3) is 0 Å². The highest BCUT2D eigenvalue weighted by atomic mass is 19.1. The van der Waals surface area contributed by atoms with Crippen LogP contribution in [0, 0.1) is 45.5 Å². The minimum absolute atomic E-state index is 0.0868. The van der Waals surface area contributed by atoms with Crippen LogP contribution in [-0.2, 0) is 24.5 Å². The molecule has 2 aliphatic rings. The van der Waals surface area contributed by atoms with Crippen LogP contribution < -0.4 is 9.47 Å². The highest BCUT2D eigenvalue weighted by molar-refractivity contribution is 5.91. The lowest BCUT2D eigenvalue weighted by atomic mass is 10.0. The number of imidazole rings is 1. The Morgan fingerprint density at radius 1 is 1.06 bits per heavy atom. The number of allylic oxidation sites excluding steroid dienone is 1. The summed E-state index contributed by atoms with van der Waals surface area (Å²) in [5, 5.41) is 27.6. The lowest BCUT2D eigenvalue weighted by molar-refractivity contribution is -0.131. The summed E-state index contributed by atoms with van der Waals surface area (Å²) in [4.78, 5) is 18.2. The summed E-state index contributed by atoms with van der Waals surface area (Å²) in [6.07, 6.45) is 4.44. The number of fused-ring (bicyclic) bond motifs is 1. The number of benzene rings is 3. The van der Waals surface area contributed by atoms with Crippen molar-refractivity contribution in [2.45, 2.75) is 64.8 Å². The van der Waals surface area contributed by atoms with Crippen molar-refractivity contribution < 1.29 is 32.5 Å². The molecular weight excluding hydrogens is 635 g/mol. The van der Waals surface area contributed by atoms with E-state index >= 15 is 4.39 Å². The molecule has 2 fully saturated rings. The normalized spacial score (nSPS) is 16.2. The van der Waals surface area contributed by atoms with Gasteiger partial charge in [-0.2, -0.15) is 10.5 Å². The molecule has 3 aromatic carbocycles. The van der Waals surface area contributed by atoms with Crippen molar-refractivity contribution >= 4 is 22.6 Å². The largest absolute Gasteiger partial charge is 0.490 e. The van der Waals surface area contributed by atoms with Gasteiger partial charge in [0.05, 0.1) is 29.8 Å². The monoisotopic (exact) mass is 669 g/mol. The summed E-state index contributed by atoms with van der Waals surface area (Å²) in [6.45, 7) is 3.71. The first-order valence-corrected chi connectivity index (χ1v) is 16.0. The Bertz CT molecular complexity index is 2020. The van der Waals surface area contributed by atoms with Crippen molar-refractivity contribution in [3.05, 3.63) is 94.6 Å². The zero-order valence-corrected chi connectivity index (χ0v) is 26.9. The number of carboxylic acid groups (broad SMARTS) is 1. The minimum atomic E-state index is -1.12. The van der Waals surface area contributed by atoms with Crippen molar-refractivity contribution in [3.63, 3.8) is 0 Å². The lowest BCUT2D eigenvalue weighted by Crippen LogP contribution is -2.38. The van der Waals surface area contributed by atoms with Crippen LogP contribution in [0.1, 0.15) is 61.5 Å². The fourth-order valence-electron chi connectivity index (χ4n) is 6.25. The molecule has 252 valence electrons. The molecule has 6 rings (SSSR count). The number of aromatic nitrogens is 2. The first kappa shape index (κ1) is 33.6. The third-order valence-corrected chi connectivity index (χ3v) is 9.25. The molecule has 9 nitrogen and oxygen atoms in total. The quantitative estimate of drug-likeness (QED) is 0.158. The highest BCUT2D eigenvalue weighted by Gasteiger charge is 2.43. The van der Waals surface area contributed by atoms with Crippen LogP contribution in [0.2, 0.25) is 0 Å². The van der Waals surface area contributed by atoms with Crippen LogP contribution in [-0.4, -0.2) is 44.7 Å². The van der Waals surface area contributed by atoms with Crippen LogP contribution in [0.5, 0.6) is 11.5 Å². The van der Waals surface area contributed by atoms with Crippen molar-refractivity contribution in [1.29, 1.82) is 10.5 Å². The number of halogens is 3. The smallest absolute Gasteiger partial charge is 0.328 e. The molecule has 12 heteroatoms. The van der Waals surface area contributed by atoms with Gasteiger partial charge < -0.3 is 19.1 Å². The maximum absolute atomic E-state index is 15.4. The van der Waals surface area contributed by atoms with Gasteiger partial charge in [0.1, 0.15) is 35.6 Å². The van der Waals surface area contributed by atoms with Crippen LogP contribution in [0.25, 0.3) is 16.6 Å². The number of hydrogen-bond donors (Lipinski definition) is 1. The van der Waals surface area contributed by atoms with E-state index in [2.05, 4.69) is 11.0 Å². The molecular formula is C37H34F3N5O4. The molecule has 1 saturated heterocycles. The summed E-state index contributed by atoms with van der Waals surface area (Å²) >= 11 is 0. The Labute approximate surface area is 281 Å². The Hall–Kier alpha value is -5.33. The van der Waals surface area contributed by atoms with Gasteiger partial charge in [-0.1, -0.05) is 0 Å². The van der Waals surface area contributed by atoms with Gasteiger partial charge in [0.2, 0.25) is 0 Å². The molecule has 4 aromatic rings. The summed E-state index contributed by atoms with van der Waals surface area (Å²) in [7, 11) is 0. The van der Waals surface area contributed by atoms with E-state index < -0.39 is 23.4 Å². The van der Waals surface area contributed by atoms with Crippen LogP contribution in [0.4, 0.5) is 13.2 Å². The van der Waals surface area contributed by atoms with E-state index in [0.717, 1.165) is 25.0 Å². The van der Waals surface area contributed by atoms with E-state index in [1.54, 1.807) is 19.1 Å². The number of carboxylic acids is 1. The number of likely N-dealkylation sites (tertiary alicyclic amines) is 1. The predicted molar refractivity (Wildman–Crippen MR) is 174 cm³/mol. The van der Waals surface area contributed by atoms with Gasteiger partial charge in [-0.3, -0.25) is 4.90 Å². The summed E-state index contributed by atoms with van der Waals surface area (Å²) in [5.41, 5.74) is 1.83. The average Bonchev–Trinajstić information content (AvgIpc) is 3.75. The van der Waals surface area contributed by atoms with Crippen LogP contribution in [0.3, 0.4) is 0 Å². The third kappa shape index (κ3) is 7.71. The second-order valence-electron chi connectivity index (χ2n) is 12.8. The van der Waals surface area contributed by atoms with Crippen LogP contribution in [0.15, 0.2) is 54.6 Å². The Balaban J connectivity index is 1.13. The first-order valence-electron chi connectivity index (χ1n) is 16.0. The topological polar surface area (TPSA) is 124 Å². The third-order valence-electron chi connectivity index (χ3n) is 9.25. The highest BCUT2D eigenvalue weighted by Crippen LogP contribution is 2.50. The number of carbonyl (C=O) groups is 1. The van der Waals surface area contributed by atoms with Gasteiger partial charge in [-0.05, 0) is 92.3 Å². The number of nitriles is 2. The van der Waals surface area contributed by atoms with Gasteiger partial charge in [-0.25, -0.2) is 22.9 Å². The van der Waals surface area contributed by atoms with E-state index in [9.17, 15) is 23.9 Å². The summed E-state index contributed by atoms with van der Waals surface area (Å²) in [5.74, 6) is -1.82. The molecule has 2 heterocycles. The molecule has 0 bridgehead atoms. The number of piperidine rings is 1. The van der Waals surface area contributed by atoms with E-state index in [1.807, 2.05) is 10.6 Å². The fourth-order valence-corrected chi connectivity index (χ4v) is 6.25. The number of rotatable bonds is 12. The zero-order valence-electron chi connectivity index (χ0n) is 26.9. The number of aliphatic carboxylic acids is 1. The summed E-state index contributed by atoms with van der Waals surface area (Å²) in [6, 6.07) is 15.4. The van der Waals surface area contributed by atoms with Gasteiger partial charge in [-0.15, -0.1) is 0 Å². The Morgan fingerprint density at radius 2 is 1.84 bits per heavy atom. The second-order valence-corrected chi connectivity index (χ2v) is 12.8. The van der Waals surface area contributed by atoms with E-state index in [4.69, 9.17) is 19.7 Å². The van der Waals surface area contributed by atoms with Crippen molar-refractivity contribution in [2.24, 2.45) is 5.41 Å². The average molecular weight is 670 g/mol.